The van der Waals surface area contributed by atoms with Gasteiger partial charge in [-0.25, -0.2) is 0 Å². The van der Waals surface area contributed by atoms with Crippen molar-refractivity contribution in [2.45, 2.75) is 12.2 Å². The minimum atomic E-state index is 0.515. The van der Waals surface area contributed by atoms with Gasteiger partial charge in [-0.15, -0.1) is 0 Å². The van der Waals surface area contributed by atoms with Crippen LogP contribution in [-0.4, -0.2) is 11.2 Å². The minimum Gasteiger partial charge on any atom is -0.260 e. The zero-order chi connectivity index (χ0) is 7.40. The Kier molecular flexibility index (Phi) is 2.75. The van der Waals surface area contributed by atoms with Crippen LogP contribution in [0.2, 0.25) is 0 Å². The van der Waals surface area contributed by atoms with Crippen LogP contribution in [0, 0.1) is 0 Å². The lowest BCUT2D eigenvalue weighted by Crippen LogP contribution is -1.89. The summed E-state index contributed by atoms with van der Waals surface area (Å²) in [5, 5.41) is 0.515. The van der Waals surface area contributed by atoms with Crippen molar-refractivity contribution in [3.05, 3.63) is 30.1 Å². The van der Waals surface area contributed by atoms with E-state index in [1.54, 1.807) is 0 Å². The molecule has 0 spiro atoms. The Bertz CT molecular complexity index is 186. The molecule has 0 aliphatic rings. The van der Waals surface area contributed by atoms with Gasteiger partial charge in [-0.1, -0.05) is 6.07 Å². The van der Waals surface area contributed by atoms with Crippen LogP contribution >= 0.6 is 11.8 Å². The molecule has 1 heterocycles. The Morgan fingerprint density at radius 2 is 2.30 bits per heavy atom. The molecule has 0 aromatic carbocycles. The zero-order valence-electron chi connectivity index (χ0n) is 6.24. The van der Waals surface area contributed by atoms with Crippen molar-refractivity contribution < 1.29 is 0 Å². The van der Waals surface area contributed by atoms with Crippen molar-refractivity contribution in [3.8, 4) is 0 Å². The third-order valence-corrected chi connectivity index (χ3v) is 2.41. The van der Waals surface area contributed by atoms with E-state index >= 15 is 0 Å². The smallest absolute Gasteiger partial charge is 0.0530 e. The molecular weight excluding hydrogens is 142 g/mol. The molecule has 0 N–H and O–H groups in total. The van der Waals surface area contributed by atoms with Crippen molar-refractivity contribution in [2.24, 2.45) is 0 Å². The van der Waals surface area contributed by atoms with E-state index in [0.717, 1.165) is 5.69 Å². The first-order valence-electron chi connectivity index (χ1n) is 3.28. The van der Waals surface area contributed by atoms with Crippen molar-refractivity contribution in [2.75, 3.05) is 6.26 Å². The summed E-state index contributed by atoms with van der Waals surface area (Å²) >= 11 is 1.82. The minimum absolute atomic E-state index is 0.515. The van der Waals surface area contributed by atoms with Gasteiger partial charge in [0.2, 0.25) is 0 Å². The molecule has 0 amide bonds. The lowest BCUT2D eigenvalue weighted by molar-refractivity contribution is 1.01. The summed E-state index contributed by atoms with van der Waals surface area (Å²) in [7, 11) is 0. The molecule has 54 valence electrons. The fourth-order valence-electron chi connectivity index (χ4n) is 0.737. The highest BCUT2D eigenvalue weighted by atomic mass is 32.2. The van der Waals surface area contributed by atoms with E-state index in [1.807, 2.05) is 30.1 Å². The first-order valence-corrected chi connectivity index (χ1v) is 4.57. The van der Waals surface area contributed by atoms with E-state index in [4.69, 9.17) is 0 Å². The van der Waals surface area contributed by atoms with Gasteiger partial charge in [0.25, 0.3) is 0 Å². The quantitative estimate of drug-likeness (QED) is 0.647. The third-order valence-electron chi connectivity index (χ3n) is 1.46. The topological polar surface area (TPSA) is 12.9 Å². The Morgan fingerprint density at radius 3 is 2.80 bits per heavy atom. The highest BCUT2D eigenvalue weighted by Gasteiger charge is 2.01. The van der Waals surface area contributed by atoms with E-state index in [1.165, 1.54) is 0 Å². The maximum atomic E-state index is 4.23. The molecule has 0 aliphatic carbocycles. The van der Waals surface area contributed by atoms with E-state index in [0.29, 0.717) is 5.25 Å². The first kappa shape index (κ1) is 7.61. The third kappa shape index (κ3) is 1.74. The average molecular weight is 153 g/mol. The van der Waals surface area contributed by atoms with Gasteiger partial charge in [0.1, 0.15) is 0 Å². The molecule has 1 atom stereocenters. The fourth-order valence-corrected chi connectivity index (χ4v) is 1.12. The summed E-state index contributed by atoms with van der Waals surface area (Å²) in [6, 6.07) is 6.02. The largest absolute Gasteiger partial charge is 0.260 e. The van der Waals surface area contributed by atoms with Gasteiger partial charge in [0.15, 0.2) is 0 Å². The number of hydrogen-bond acceptors (Lipinski definition) is 2. The van der Waals surface area contributed by atoms with Crippen LogP contribution in [-0.2, 0) is 0 Å². The molecule has 1 rings (SSSR count). The Labute approximate surface area is 65.9 Å². The van der Waals surface area contributed by atoms with E-state index in [2.05, 4.69) is 24.2 Å². The standard InChI is InChI=1S/C8H11NS/c1-7(10-2)8-5-3-4-6-9-8/h3-7H,1-2H3. The van der Waals surface area contributed by atoms with Gasteiger partial charge in [-0.2, -0.15) is 11.8 Å². The van der Waals surface area contributed by atoms with Crippen LogP contribution in [0.25, 0.3) is 0 Å². The summed E-state index contributed by atoms with van der Waals surface area (Å²) in [4.78, 5) is 4.23. The van der Waals surface area contributed by atoms with Gasteiger partial charge >= 0.3 is 0 Å². The van der Waals surface area contributed by atoms with Crippen LogP contribution in [0.5, 0.6) is 0 Å². The van der Waals surface area contributed by atoms with Crippen molar-refractivity contribution in [3.63, 3.8) is 0 Å². The lowest BCUT2D eigenvalue weighted by atomic mass is 10.3. The maximum absolute atomic E-state index is 4.23. The molecule has 2 heteroatoms. The van der Waals surface area contributed by atoms with Crippen molar-refractivity contribution in [1.29, 1.82) is 0 Å². The van der Waals surface area contributed by atoms with Gasteiger partial charge in [-0.3, -0.25) is 4.98 Å². The number of aromatic nitrogens is 1. The molecule has 1 aromatic heterocycles. The van der Waals surface area contributed by atoms with E-state index < -0.39 is 0 Å². The molecule has 1 aromatic rings. The molecule has 0 radical (unpaired) electrons. The summed E-state index contributed by atoms with van der Waals surface area (Å²) in [5.74, 6) is 0. The van der Waals surface area contributed by atoms with E-state index in [-0.39, 0.29) is 0 Å². The highest BCUT2D eigenvalue weighted by molar-refractivity contribution is 7.98. The van der Waals surface area contributed by atoms with Crippen LogP contribution in [0.4, 0.5) is 0 Å². The fraction of sp³-hybridized carbons (Fsp3) is 0.375. The lowest BCUT2D eigenvalue weighted by Gasteiger charge is -2.04. The number of pyridine rings is 1. The predicted molar refractivity (Wildman–Crippen MR) is 46.2 cm³/mol. The second-order valence-corrected chi connectivity index (χ2v) is 3.31. The van der Waals surface area contributed by atoms with Gasteiger partial charge < -0.3 is 0 Å². The molecule has 10 heavy (non-hydrogen) atoms. The second kappa shape index (κ2) is 3.62. The Balaban J connectivity index is 2.75. The summed E-state index contributed by atoms with van der Waals surface area (Å²) in [5.41, 5.74) is 1.16. The number of thioether (sulfide) groups is 1. The van der Waals surface area contributed by atoms with Crippen LogP contribution in [0.15, 0.2) is 24.4 Å². The molecule has 0 saturated heterocycles. The maximum Gasteiger partial charge on any atom is 0.0530 e. The molecular formula is C8H11NS. The first-order chi connectivity index (χ1) is 4.84. The molecule has 0 aliphatic heterocycles. The molecule has 0 fully saturated rings. The Hall–Kier alpha value is -0.500. The molecule has 0 saturated carbocycles. The van der Waals surface area contributed by atoms with Crippen LogP contribution in [0.3, 0.4) is 0 Å². The summed E-state index contributed by atoms with van der Waals surface area (Å²) in [6.07, 6.45) is 3.93. The van der Waals surface area contributed by atoms with Gasteiger partial charge in [0.05, 0.1) is 5.69 Å². The molecule has 1 nitrogen and oxygen atoms in total. The van der Waals surface area contributed by atoms with Gasteiger partial charge in [-0.05, 0) is 25.3 Å². The van der Waals surface area contributed by atoms with Crippen molar-refractivity contribution >= 4 is 11.8 Å². The van der Waals surface area contributed by atoms with E-state index in [9.17, 15) is 0 Å². The Morgan fingerprint density at radius 1 is 1.50 bits per heavy atom. The van der Waals surface area contributed by atoms with Crippen LogP contribution in [0.1, 0.15) is 17.9 Å². The molecule has 1 unspecified atom stereocenters. The van der Waals surface area contributed by atoms with Gasteiger partial charge in [0, 0.05) is 11.4 Å². The zero-order valence-corrected chi connectivity index (χ0v) is 7.06. The van der Waals surface area contributed by atoms with Crippen LogP contribution < -0.4 is 0 Å². The predicted octanol–water partition coefficient (Wildman–Crippen LogP) is 2.51. The second-order valence-electron chi connectivity index (χ2n) is 2.13. The average Bonchev–Trinajstić information content (AvgIpc) is 2.05. The number of hydrogen-bond donors (Lipinski definition) is 0. The SMILES string of the molecule is CSC(C)c1ccccn1. The number of nitrogens with zero attached hydrogens (tertiary/aromatic N) is 1. The number of rotatable bonds is 2. The summed E-state index contributed by atoms with van der Waals surface area (Å²) in [6.45, 7) is 2.16. The molecule has 0 bridgehead atoms. The monoisotopic (exact) mass is 153 g/mol. The summed E-state index contributed by atoms with van der Waals surface area (Å²) < 4.78 is 0. The normalized spacial score (nSPS) is 13.0. The van der Waals surface area contributed by atoms with Crippen molar-refractivity contribution in [1.82, 2.24) is 4.98 Å². The highest BCUT2D eigenvalue weighted by Crippen LogP contribution is 2.22.